The van der Waals surface area contributed by atoms with Gasteiger partial charge < -0.3 is 5.32 Å². The number of nitrogens with zero attached hydrogens (tertiary/aromatic N) is 2. The van der Waals surface area contributed by atoms with Crippen molar-refractivity contribution in [1.82, 2.24) is 20.4 Å². The van der Waals surface area contributed by atoms with Gasteiger partial charge in [0.1, 0.15) is 0 Å². The molecule has 2 saturated heterocycles. The zero-order chi connectivity index (χ0) is 14.2. The van der Waals surface area contributed by atoms with Crippen LogP contribution in [0.3, 0.4) is 0 Å². The molecule has 2 atom stereocenters. The average Bonchev–Trinajstić information content (AvgIpc) is 3.13. The van der Waals surface area contributed by atoms with Gasteiger partial charge in [0.05, 0.1) is 5.52 Å². The zero-order valence-electron chi connectivity index (χ0n) is 12.0. The molecular weight excluding hydrogens is 264 g/mol. The second kappa shape index (κ2) is 5.15. The lowest BCUT2D eigenvalue weighted by Gasteiger charge is -2.35. The number of piperidine rings is 1. The molecule has 5 nitrogen and oxygen atoms in total. The van der Waals surface area contributed by atoms with Crippen LogP contribution in [0.4, 0.5) is 0 Å². The fourth-order valence-electron chi connectivity index (χ4n) is 3.74. The summed E-state index contributed by atoms with van der Waals surface area (Å²) >= 11 is 0. The van der Waals surface area contributed by atoms with Crippen molar-refractivity contribution in [2.24, 2.45) is 0 Å². The average molecular weight is 284 g/mol. The van der Waals surface area contributed by atoms with Gasteiger partial charge in [-0.3, -0.25) is 14.8 Å². The van der Waals surface area contributed by atoms with Crippen LogP contribution in [0.25, 0.3) is 10.9 Å². The molecule has 110 valence electrons. The number of para-hydroxylation sites is 1. The Bertz CT molecular complexity index is 665. The van der Waals surface area contributed by atoms with E-state index in [1.165, 1.54) is 25.8 Å². The summed E-state index contributed by atoms with van der Waals surface area (Å²) in [5, 5.41) is 11.2. The molecular formula is C16H20N4O. The first-order chi connectivity index (χ1) is 10.3. The molecule has 2 aromatic rings. The van der Waals surface area contributed by atoms with Gasteiger partial charge in [-0.25, -0.2) is 0 Å². The van der Waals surface area contributed by atoms with Gasteiger partial charge in [-0.1, -0.05) is 18.2 Å². The predicted octanol–water partition coefficient (Wildman–Crippen LogP) is 1.92. The summed E-state index contributed by atoms with van der Waals surface area (Å²) in [5.74, 6) is -0.0601. The van der Waals surface area contributed by atoms with E-state index in [1.54, 1.807) is 0 Å². The van der Waals surface area contributed by atoms with Crippen molar-refractivity contribution in [2.45, 2.75) is 37.8 Å². The molecule has 1 aromatic heterocycles. The van der Waals surface area contributed by atoms with Crippen LogP contribution < -0.4 is 5.32 Å². The van der Waals surface area contributed by atoms with Gasteiger partial charge >= 0.3 is 0 Å². The second-order valence-electron chi connectivity index (χ2n) is 6.16. The summed E-state index contributed by atoms with van der Waals surface area (Å²) in [5.41, 5.74) is 1.42. The largest absolute Gasteiger partial charge is 0.347 e. The summed E-state index contributed by atoms with van der Waals surface area (Å²) in [4.78, 5) is 15.0. The van der Waals surface area contributed by atoms with E-state index in [1.807, 2.05) is 24.3 Å². The highest BCUT2D eigenvalue weighted by atomic mass is 16.2. The van der Waals surface area contributed by atoms with Crippen molar-refractivity contribution >= 4 is 16.8 Å². The molecule has 2 aliphatic heterocycles. The Morgan fingerprint density at radius 1 is 1.29 bits per heavy atom. The third kappa shape index (κ3) is 2.31. The first-order valence-corrected chi connectivity index (χ1v) is 7.79. The van der Waals surface area contributed by atoms with Gasteiger partial charge in [0, 0.05) is 24.0 Å². The van der Waals surface area contributed by atoms with Gasteiger partial charge in [-0.15, -0.1) is 0 Å². The fraction of sp³-hybridized carbons (Fsp3) is 0.500. The Hall–Kier alpha value is -1.88. The molecule has 0 radical (unpaired) electrons. The Balaban J connectivity index is 1.48. The Morgan fingerprint density at radius 2 is 2.19 bits per heavy atom. The molecule has 0 saturated carbocycles. The number of H-pyrrole nitrogens is 1. The van der Waals surface area contributed by atoms with E-state index in [-0.39, 0.29) is 11.9 Å². The van der Waals surface area contributed by atoms with E-state index in [9.17, 15) is 4.79 Å². The van der Waals surface area contributed by atoms with Gasteiger partial charge in [0.25, 0.3) is 5.91 Å². The van der Waals surface area contributed by atoms with Gasteiger partial charge in [-0.05, 0) is 38.3 Å². The van der Waals surface area contributed by atoms with E-state index >= 15 is 0 Å². The number of carbonyl (C=O) groups excluding carboxylic acids is 1. The lowest BCUT2D eigenvalue weighted by molar-refractivity contribution is 0.0886. The second-order valence-corrected chi connectivity index (χ2v) is 6.16. The van der Waals surface area contributed by atoms with Crippen LogP contribution in [0.2, 0.25) is 0 Å². The number of hydrogen-bond acceptors (Lipinski definition) is 3. The Labute approximate surface area is 123 Å². The van der Waals surface area contributed by atoms with E-state index in [0.717, 1.165) is 29.9 Å². The number of rotatable bonds is 2. The number of fused-ring (bicyclic) bond motifs is 2. The quantitative estimate of drug-likeness (QED) is 0.885. The maximum Gasteiger partial charge on any atom is 0.272 e. The number of nitrogens with one attached hydrogen (secondary N) is 2. The highest BCUT2D eigenvalue weighted by molar-refractivity contribution is 6.04. The van der Waals surface area contributed by atoms with Crippen molar-refractivity contribution in [3.05, 3.63) is 30.0 Å². The first kappa shape index (κ1) is 12.8. The third-order valence-electron chi connectivity index (χ3n) is 4.82. The van der Waals surface area contributed by atoms with Crippen LogP contribution in [0.15, 0.2) is 24.3 Å². The van der Waals surface area contributed by atoms with Crippen LogP contribution >= 0.6 is 0 Å². The summed E-state index contributed by atoms with van der Waals surface area (Å²) in [6.07, 6.45) is 4.90. The molecule has 0 spiro atoms. The molecule has 5 heteroatoms. The van der Waals surface area contributed by atoms with Crippen molar-refractivity contribution in [2.75, 3.05) is 13.1 Å². The molecule has 2 aliphatic rings. The lowest BCUT2D eigenvalue weighted by atomic mass is 9.99. The molecule has 21 heavy (non-hydrogen) atoms. The highest BCUT2D eigenvalue weighted by Crippen LogP contribution is 2.27. The van der Waals surface area contributed by atoms with Crippen LogP contribution in [-0.2, 0) is 0 Å². The van der Waals surface area contributed by atoms with E-state index in [4.69, 9.17) is 0 Å². The van der Waals surface area contributed by atoms with Crippen molar-refractivity contribution < 1.29 is 4.79 Å². The number of carbonyl (C=O) groups is 1. The predicted molar refractivity (Wildman–Crippen MR) is 81.2 cm³/mol. The number of hydrogen-bond donors (Lipinski definition) is 2. The summed E-state index contributed by atoms with van der Waals surface area (Å²) < 4.78 is 0. The summed E-state index contributed by atoms with van der Waals surface area (Å²) in [6.45, 7) is 2.17. The highest BCUT2D eigenvalue weighted by Gasteiger charge is 2.32. The SMILES string of the molecule is O=C(N[C@H]1CC[C@@H]2CCCN2C1)c1n[nH]c2ccccc12. The monoisotopic (exact) mass is 284 g/mol. The number of benzene rings is 1. The van der Waals surface area contributed by atoms with Gasteiger partial charge in [0.2, 0.25) is 0 Å². The summed E-state index contributed by atoms with van der Waals surface area (Å²) in [6, 6.07) is 8.76. The van der Waals surface area contributed by atoms with Crippen molar-refractivity contribution in [3.63, 3.8) is 0 Å². The molecule has 4 rings (SSSR count). The Morgan fingerprint density at radius 3 is 3.14 bits per heavy atom. The minimum absolute atomic E-state index is 0.0601. The molecule has 0 bridgehead atoms. The molecule has 2 fully saturated rings. The van der Waals surface area contributed by atoms with Crippen LogP contribution in [0, 0.1) is 0 Å². The maximum absolute atomic E-state index is 12.5. The van der Waals surface area contributed by atoms with Crippen LogP contribution in [-0.4, -0.2) is 46.2 Å². The molecule has 1 amide bonds. The zero-order valence-corrected chi connectivity index (χ0v) is 12.0. The molecule has 0 unspecified atom stereocenters. The number of aromatic nitrogens is 2. The molecule has 1 aromatic carbocycles. The van der Waals surface area contributed by atoms with Crippen LogP contribution in [0.1, 0.15) is 36.2 Å². The normalized spacial score (nSPS) is 25.9. The van der Waals surface area contributed by atoms with E-state index in [2.05, 4.69) is 20.4 Å². The molecule has 0 aliphatic carbocycles. The van der Waals surface area contributed by atoms with Crippen molar-refractivity contribution in [1.29, 1.82) is 0 Å². The van der Waals surface area contributed by atoms with E-state index < -0.39 is 0 Å². The first-order valence-electron chi connectivity index (χ1n) is 7.79. The number of amides is 1. The fourth-order valence-corrected chi connectivity index (χ4v) is 3.74. The lowest BCUT2D eigenvalue weighted by Crippen LogP contribution is -2.49. The van der Waals surface area contributed by atoms with E-state index in [0.29, 0.717) is 5.69 Å². The standard InChI is InChI=1S/C16H20N4O/c21-16(15-13-5-1-2-6-14(13)18-19-15)17-11-7-8-12-4-3-9-20(12)10-11/h1-2,5-6,11-12H,3-4,7-10H2,(H,17,21)(H,18,19)/t11-,12-/m0/s1. The summed E-state index contributed by atoms with van der Waals surface area (Å²) in [7, 11) is 0. The van der Waals surface area contributed by atoms with Crippen LogP contribution in [0.5, 0.6) is 0 Å². The topological polar surface area (TPSA) is 61.0 Å². The third-order valence-corrected chi connectivity index (χ3v) is 4.82. The smallest absolute Gasteiger partial charge is 0.272 e. The Kier molecular flexibility index (Phi) is 3.15. The van der Waals surface area contributed by atoms with Gasteiger partial charge in [0.15, 0.2) is 5.69 Å². The minimum Gasteiger partial charge on any atom is -0.347 e. The molecule has 3 heterocycles. The van der Waals surface area contributed by atoms with Gasteiger partial charge in [-0.2, -0.15) is 5.10 Å². The molecule has 2 N–H and O–H groups in total. The number of aromatic amines is 1. The van der Waals surface area contributed by atoms with Crippen molar-refractivity contribution in [3.8, 4) is 0 Å². The minimum atomic E-state index is -0.0601. The maximum atomic E-state index is 12.5.